The predicted octanol–water partition coefficient (Wildman–Crippen LogP) is 3.75. The Bertz CT molecular complexity index is 337. The van der Waals surface area contributed by atoms with Crippen molar-refractivity contribution in [3.05, 3.63) is 20.8 Å². The third kappa shape index (κ3) is 4.82. The largest absolute Gasteiger partial charge is 0.317 e. The molecule has 2 heterocycles. The Morgan fingerprint density at radius 1 is 1.44 bits per heavy atom. The Morgan fingerprint density at radius 3 is 2.72 bits per heavy atom. The number of rotatable bonds is 5. The summed E-state index contributed by atoms with van der Waals surface area (Å²) in [4.78, 5) is 4.05. The van der Waals surface area contributed by atoms with E-state index in [1.807, 2.05) is 11.3 Å². The van der Waals surface area contributed by atoms with Gasteiger partial charge in [0.25, 0.3) is 0 Å². The van der Waals surface area contributed by atoms with Gasteiger partial charge in [-0.2, -0.15) is 0 Å². The minimum atomic E-state index is 0. The lowest BCUT2D eigenvalue weighted by atomic mass is 9.97. The number of nitrogens with zero attached hydrogens (tertiary/aromatic N) is 1. The van der Waals surface area contributed by atoms with Crippen LogP contribution in [0.5, 0.6) is 0 Å². The second-order valence-electron chi connectivity index (χ2n) is 4.72. The monoisotopic (exact) mass is 352 g/mol. The van der Waals surface area contributed by atoms with Gasteiger partial charge in [-0.15, -0.1) is 23.7 Å². The van der Waals surface area contributed by atoms with Gasteiger partial charge >= 0.3 is 0 Å². The molecule has 18 heavy (non-hydrogen) atoms. The Labute approximate surface area is 129 Å². The van der Waals surface area contributed by atoms with Gasteiger partial charge in [0.05, 0.1) is 0 Å². The maximum absolute atomic E-state index is 3.61. The second-order valence-corrected chi connectivity index (χ2v) is 6.57. The summed E-state index contributed by atoms with van der Waals surface area (Å²) < 4.78 is 1.28. The van der Waals surface area contributed by atoms with Gasteiger partial charge in [0.15, 0.2) is 0 Å². The number of hydrogen-bond donors (Lipinski definition) is 1. The van der Waals surface area contributed by atoms with E-state index in [4.69, 9.17) is 0 Å². The van der Waals surface area contributed by atoms with Gasteiger partial charge in [0.1, 0.15) is 0 Å². The van der Waals surface area contributed by atoms with E-state index >= 15 is 0 Å². The number of likely N-dealkylation sites (tertiary alicyclic amines) is 1. The van der Waals surface area contributed by atoms with Crippen molar-refractivity contribution in [1.82, 2.24) is 10.2 Å². The molecule has 0 radical (unpaired) electrons. The highest BCUT2D eigenvalue weighted by Crippen LogP contribution is 2.26. The van der Waals surface area contributed by atoms with Crippen LogP contribution in [0, 0.1) is 5.92 Å². The normalized spacial score (nSPS) is 17.7. The Hall–Kier alpha value is 0.390. The zero-order valence-corrected chi connectivity index (χ0v) is 14.0. The van der Waals surface area contributed by atoms with E-state index in [9.17, 15) is 0 Å². The molecule has 0 saturated carbocycles. The lowest BCUT2D eigenvalue weighted by Gasteiger charge is -2.31. The van der Waals surface area contributed by atoms with Gasteiger partial charge in [0, 0.05) is 15.9 Å². The van der Waals surface area contributed by atoms with Crippen molar-refractivity contribution in [1.29, 1.82) is 0 Å². The molecule has 104 valence electrons. The molecule has 1 aromatic rings. The molecule has 0 aliphatic carbocycles. The van der Waals surface area contributed by atoms with Crippen molar-refractivity contribution in [3.63, 3.8) is 0 Å². The minimum absolute atomic E-state index is 0. The molecule has 1 aromatic heterocycles. The van der Waals surface area contributed by atoms with Gasteiger partial charge in [-0.3, -0.25) is 4.90 Å². The van der Waals surface area contributed by atoms with Crippen molar-refractivity contribution in [3.8, 4) is 0 Å². The first-order chi connectivity index (χ1) is 8.29. The Balaban J connectivity index is 0.00000162. The van der Waals surface area contributed by atoms with E-state index < -0.39 is 0 Å². The topological polar surface area (TPSA) is 15.3 Å². The van der Waals surface area contributed by atoms with E-state index in [1.165, 1.54) is 41.8 Å². The average molecular weight is 354 g/mol. The van der Waals surface area contributed by atoms with Gasteiger partial charge in [-0.1, -0.05) is 6.92 Å². The molecule has 0 unspecified atom stereocenters. The molecule has 0 spiro atoms. The van der Waals surface area contributed by atoms with Crippen LogP contribution in [0.2, 0.25) is 0 Å². The van der Waals surface area contributed by atoms with E-state index in [0.717, 1.165) is 19.0 Å². The van der Waals surface area contributed by atoms with Gasteiger partial charge in [-0.25, -0.2) is 0 Å². The summed E-state index contributed by atoms with van der Waals surface area (Å²) in [5, 5.41) is 5.63. The number of hydrogen-bond acceptors (Lipinski definition) is 3. The molecule has 1 aliphatic rings. The number of thiophene rings is 1. The van der Waals surface area contributed by atoms with Gasteiger partial charge < -0.3 is 5.32 Å². The van der Waals surface area contributed by atoms with Crippen molar-refractivity contribution in [2.75, 3.05) is 26.2 Å². The fraction of sp³-hybridized carbons (Fsp3) is 0.692. The number of piperidine rings is 1. The smallest absolute Gasteiger partial charge is 0.0339 e. The fourth-order valence-corrected chi connectivity index (χ4v) is 3.86. The molecule has 0 aromatic carbocycles. The van der Waals surface area contributed by atoms with E-state index in [-0.39, 0.29) is 12.4 Å². The first-order valence-electron chi connectivity index (χ1n) is 6.44. The lowest BCUT2D eigenvalue weighted by Crippen LogP contribution is -2.36. The molecule has 1 saturated heterocycles. The molecule has 0 bridgehead atoms. The molecular formula is C13H22BrClN2S. The standard InChI is InChI=1S/C13H21BrN2S.ClH/c1-2-15-9-11-3-6-16(7-4-11)10-13-12(14)5-8-17-13;/h5,8,11,15H,2-4,6-7,9-10H2,1H3;1H. The first-order valence-corrected chi connectivity index (χ1v) is 8.11. The highest BCUT2D eigenvalue weighted by atomic mass is 79.9. The van der Waals surface area contributed by atoms with Crippen LogP contribution in [0.25, 0.3) is 0 Å². The van der Waals surface area contributed by atoms with Gasteiger partial charge in [-0.05, 0) is 72.3 Å². The van der Waals surface area contributed by atoms with Crippen molar-refractivity contribution >= 4 is 39.7 Å². The molecule has 0 atom stereocenters. The summed E-state index contributed by atoms with van der Waals surface area (Å²) in [6.45, 7) is 8.10. The maximum Gasteiger partial charge on any atom is 0.0339 e. The molecule has 1 N–H and O–H groups in total. The number of nitrogens with one attached hydrogen (secondary N) is 1. The first kappa shape index (κ1) is 16.4. The van der Waals surface area contributed by atoms with Crippen LogP contribution in [0.4, 0.5) is 0 Å². The summed E-state index contributed by atoms with van der Waals surface area (Å²) in [5.41, 5.74) is 0. The SMILES string of the molecule is CCNCC1CCN(Cc2sccc2Br)CC1.Cl. The van der Waals surface area contributed by atoms with Crippen LogP contribution >= 0.6 is 39.7 Å². The minimum Gasteiger partial charge on any atom is -0.317 e. The second kappa shape index (κ2) is 8.54. The summed E-state index contributed by atoms with van der Waals surface area (Å²) in [5.74, 6) is 0.887. The molecule has 5 heteroatoms. The Morgan fingerprint density at radius 2 is 2.17 bits per heavy atom. The van der Waals surface area contributed by atoms with E-state index in [1.54, 1.807) is 0 Å². The van der Waals surface area contributed by atoms with Crippen molar-refractivity contribution < 1.29 is 0 Å². The molecule has 0 amide bonds. The molecule has 2 rings (SSSR count). The van der Waals surface area contributed by atoms with Gasteiger partial charge in [0.2, 0.25) is 0 Å². The van der Waals surface area contributed by atoms with E-state index in [2.05, 4.69) is 44.5 Å². The summed E-state index contributed by atoms with van der Waals surface area (Å²) in [7, 11) is 0. The molecule has 1 fully saturated rings. The highest BCUT2D eigenvalue weighted by Gasteiger charge is 2.19. The van der Waals surface area contributed by atoms with Crippen LogP contribution in [0.1, 0.15) is 24.6 Å². The van der Waals surface area contributed by atoms with E-state index in [0.29, 0.717) is 0 Å². The third-order valence-corrected chi connectivity index (χ3v) is 5.36. The van der Waals surface area contributed by atoms with Crippen molar-refractivity contribution in [2.45, 2.75) is 26.3 Å². The lowest BCUT2D eigenvalue weighted by molar-refractivity contribution is 0.177. The zero-order chi connectivity index (χ0) is 12.1. The summed E-state index contributed by atoms with van der Waals surface area (Å²) in [6.07, 6.45) is 2.69. The van der Waals surface area contributed by atoms with Crippen LogP contribution in [-0.4, -0.2) is 31.1 Å². The van der Waals surface area contributed by atoms with Crippen LogP contribution in [0.3, 0.4) is 0 Å². The van der Waals surface area contributed by atoms with Crippen LogP contribution in [0.15, 0.2) is 15.9 Å². The number of halogens is 2. The Kier molecular flexibility index (Phi) is 7.80. The predicted molar refractivity (Wildman–Crippen MR) is 85.8 cm³/mol. The average Bonchev–Trinajstić information content (AvgIpc) is 2.74. The van der Waals surface area contributed by atoms with Crippen molar-refractivity contribution in [2.24, 2.45) is 5.92 Å². The summed E-state index contributed by atoms with van der Waals surface area (Å²) >= 11 is 5.47. The quantitative estimate of drug-likeness (QED) is 0.867. The molecule has 2 nitrogen and oxygen atoms in total. The maximum atomic E-state index is 3.61. The fourth-order valence-electron chi connectivity index (χ4n) is 2.34. The molecular weight excluding hydrogens is 332 g/mol. The van der Waals surface area contributed by atoms with Crippen LogP contribution < -0.4 is 5.32 Å². The highest BCUT2D eigenvalue weighted by molar-refractivity contribution is 9.10. The third-order valence-electron chi connectivity index (χ3n) is 3.45. The molecule has 1 aliphatic heterocycles. The van der Waals surface area contributed by atoms with Crippen LogP contribution in [-0.2, 0) is 6.54 Å². The zero-order valence-electron chi connectivity index (χ0n) is 10.8. The summed E-state index contributed by atoms with van der Waals surface area (Å²) in [6, 6.07) is 2.15.